The van der Waals surface area contributed by atoms with Gasteiger partial charge in [0.15, 0.2) is 0 Å². The Bertz CT molecular complexity index is 716. The fourth-order valence-electron chi connectivity index (χ4n) is 2.39. The van der Waals surface area contributed by atoms with E-state index in [4.69, 9.17) is 5.73 Å². The zero-order chi connectivity index (χ0) is 13.4. The summed E-state index contributed by atoms with van der Waals surface area (Å²) < 4.78 is 2.08. The van der Waals surface area contributed by atoms with Crippen molar-refractivity contribution in [3.05, 3.63) is 65.4 Å². The van der Waals surface area contributed by atoms with Crippen molar-refractivity contribution in [2.45, 2.75) is 19.9 Å². The van der Waals surface area contributed by atoms with E-state index in [1.54, 1.807) is 12.4 Å². The molecule has 1 unspecified atom stereocenters. The SMILES string of the molecule is Cc1ccc2nc(C)c(C(N)c3ccncc3)n2c1. The summed E-state index contributed by atoms with van der Waals surface area (Å²) in [6.07, 6.45) is 5.60. The minimum atomic E-state index is -0.195. The first-order valence-electron chi connectivity index (χ1n) is 6.27. The van der Waals surface area contributed by atoms with E-state index in [1.807, 2.05) is 25.1 Å². The van der Waals surface area contributed by atoms with Crippen molar-refractivity contribution in [1.82, 2.24) is 14.4 Å². The lowest BCUT2D eigenvalue weighted by molar-refractivity contribution is 0.801. The van der Waals surface area contributed by atoms with Crippen LogP contribution in [0.5, 0.6) is 0 Å². The molecule has 0 aliphatic heterocycles. The Balaban J connectivity index is 2.19. The predicted molar refractivity (Wildman–Crippen MR) is 74.9 cm³/mol. The van der Waals surface area contributed by atoms with E-state index in [0.29, 0.717) is 0 Å². The van der Waals surface area contributed by atoms with Crippen LogP contribution in [0, 0.1) is 13.8 Å². The van der Waals surface area contributed by atoms with Crippen molar-refractivity contribution in [3.8, 4) is 0 Å². The number of aromatic nitrogens is 3. The minimum Gasteiger partial charge on any atom is -0.319 e. The van der Waals surface area contributed by atoms with Crippen LogP contribution >= 0.6 is 0 Å². The smallest absolute Gasteiger partial charge is 0.137 e. The van der Waals surface area contributed by atoms with Crippen LogP contribution in [0.3, 0.4) is 0 Å². The monoisotopic (exact) mass is 252 g/mol. The molecule has 0 saturated heterocycles. The van der Waals surface area contributed by atoms with Crippen LogP contribution in [0.4, 0.5) is 0 Å². The van der Waals surface area contributed by atoms with Gasteiger partial charge in [-0.05, 0) is 43.2 Å². The van der Waals surface area contributed by atoms with Crippen LogP contribution in [-0.4, -0.2) is 14.4 Å². The molecule has 0 aliphatic rings. The highest BCUT2D eigenvalue weighted by Gasteiger charge is 2.17. The lowest BCUT2D eigenvalue weighted by Gasteiger charge is -2.13. The molecule has 1 atom stereocenters. The fourth-order valence-corrected chi connectivity index (χ4v) is 2.39. The zero-order valence-corrected chi connectivity index (χ0v) is 11.0. The van der Waals surface area contributed by atoms with Crippen LogP contribution in [0.25, 0.3) is 5.65 Å². The Kier molecular flexibility index (Phi) is 2.80. The molecule has 0 aromatic carbocycles. The maximum atomic E-state index is 6.39. The van der Waals surface area contributed by atoms with Gasteiger partial charge in [0, 0.05) is 18.6 Å². The van der Waals surface area contributed by atoms with Gasteiger partial charge in [0.05, 0.1) is 17.4 Å². The number of aryl methyl sites for hydroxylation is 2. The van der Waals surface area contributed by atoms with E-state index in [0.717, 1.165) is 22.6 Å². The van der Waals surface area contributed by atoms with E-state index in [1.165, 1.54) is 5.56 Å². The van der Waals surface area contributed by atoms with Crippen molar-refractivity contribution in [1.29, 1.82) is 0 Å². The van der Waals surface area contributed by atoms with Gasteiger partial charge in [-0.25, -0.2) is 4.98 Å². The van der Waals surface area contributed by atoms with Crippen molar-refractivity contribution < 1.29 is 0 Å². The second kappa shape index (κ2) is 4.48. The minimum absolute atomic E-state index is 0.195. The maximum Gasteiger partial charge on any atom is 0.137 e. The Hall–Kier alpha value is -2.20. The van der Waals surface area contributed by atoms with Gasteiger partial charge in [-0.1, -0.05) is 6.07 Å². The number of hydrogen-bond acceptors (Lipinski definition) is 3. The molecular weight excluding hydrogens is 236 g/mol. The molecular formula is C15H16N4. The molecule has 3 heterocycles. The highest BCUT2D eigenvalue weighted by Crippen LogP contribution is 2.23. The third-order valence-corrected chi connectivity index (χ3v) is 3.35. The van der Waals surface area contributed by atoms with Crippen LogP contribution in [0.15, 0.2) is 42.9 Å². The van der Waals surface area contributed by atoms with Crippen molar-refractivity contribution in [3.63, 3.8) is 0 Å². The molecule has 0 bridgehead atoms. The van der Waals surface area contributed by atoms with E-state index in [2.05, 4.69) is 33.6 Å². The van der Waals surface area contributed by atoms with Gasteiger partial charge < -0.3 is 10.1 Å². The normalized spacial score (nSPS) is 12.8. The lowest BCUT2D eigenvalue weighted by atomic mass is 10.0. The molecule has 3 aromatic heterocycles. The van der Waals surface area contributed by atoms with E-state index in [9.17, 15) is 0 Å². The highest BCUT2D eigenvalue weighted by molar-refractivity contribution is 5.46. The number of pyridine rings is 2. The average molecular weight is 252 g/mol. The quantitative estimate of drug-likeness (QED) is 0.762. The summed E-state index contributed by atoms with van der Waals surface area (Å²) in [5, 5.41) is 0. The first-order chi connectivity index (χ1) is 9.16. The number of fused-ring (bicyclic) bond motifs is 1. The van der Waals surface area contributed by atoms with Crippen molar-refractivity contribution >= 4 is 5.65 Å². The van der Waals surface area contributed by atoms with Gasteiger partial charge in [-0.15, -0.1) is 0 Å². The summed E-state index contributed by atoms with van der Waals surface area (Å²) in [5.41, 5.74) is 11.6. The van der Waals surface area contributed by atoms with Gasteiger partial charge in [-0.3, -0.25) is 4.98 Å². The molecule has 0 fully saturated rings. The van der Waals surface area contributed by atoms with Crippen molar-refractivity contribution in [2.24, 2.45) is 5.73 Å². The highest BCUT2D eigenvalue weighted by atomic mass is 15.0. The van der Waals surface area contributed by atoms with Crippen molar-refractivity contribution in [2.75, 3.05) is 0 Å². The summed E-state index contributed by atoms with van der Waals surface area (Å²) in [5.74, 6) is 0. The zero-order valence-electron chi connectivity index (χ0n) is 11.0. The number of rotatable bonds is 2. The molecule has 19 heavy (non-hydrogen) atoms. The molecule has 0 spiro atoms. The number of hydrogen-bond donors (Lipinski definition) is 1. The summed E-state index contributed by atoms with van der Waals surface area (Å²) in [6, 6.07) is 7.77. The van der Waals surface area contributed by atoms with Gasteiger partial charge in [-0.2, -0.15) is 0 Å². The third-order valence-electron chi connectivity index (χ3n) is 3.35. The summed E-state index contributed by atoms with van der Waals surface area (Å²) in [4.78, 5) is 8.60. The van der Waals surface area contributed by atoms with Crippen LogP contribution < -0.4 is 5.73 Å². The predicted octanol–water partition coefficient (Wildman–Crippen LogP) is 2.39. The van der Waals surface area contributed by atoms with E-state index < -0.39 is 0 Å². The molecule has 96 valence electrons. The maximum absolute atomic E-state index is 6.39. The topological polar surface area (TPSA) is 56.2 Å². The molecule has 0 amide bonds. The Labute approximate surface area is 111 Å². The standard InChI is InChI=1S/C15H16N4/c1-10-3-4-13-18-11(2)15(19(13)9-10)14(16)12-5-7-17-8-6-12/h3-9,14H,16H2,1-2H3. The van der Waals surface area contributed by atoms with E-state index in [-0.39, 0.29) is 6.04 Å². The molecule has 2 N–H and O–H groups in total. The summed E-state index contributed by atoms with van der Waals surface area (Å²) in [6.45, 7) is 4.06. The fraction of sp³-hybridized carbons (Fsp3) is 0.200. The molecule has 0 aliphatic carbocycles. The summed E-state index contributed by atoms with van der Waals surface area (Å²) >= 11 is 0. The molecule has 3 rings (SSSR count). The number of imidazole rings is 1. The Morgan fingerprint density at radius 2 is 1.84 bits per heavy atom. The van der Waals surface area contributed by atoms with Crippen LogP contribution in [0.2, 0.25) is 0 Å². The van der Waals surface area contributed by atoms with Gasteiger partial charge in [0.1, 0.15) is 5.65 Å². The number of nitrogens with two attached hydrogens (primary N) is 1. The first kappa shape index (κ1) is 11.9. The molecule has 4 heteroatoms. The molecule has 0 saturated carbocycles. The molecule has 3 aromatic rings. The molecule has 4 nitrogen and oxygen atoms in total. The molecule has 0 radical (unpaired) electrons. The third kappa shape index (κ3) is 2.00. The van der Waals surface area contributed by atoms with E-state index >= 15 is 0 Å². The van der Waals surface area contributed by atoms with Gasteiger partial charge in [0.2, 0.25) is 0 Å². The lowest BCUT2D eigenvalue weighted by Crippen LogP contribution is -2.15. The largest absolute Gasteiger partial charge is 0.319 e. The second-order valence-corrected chi connectivity index (χ2v) is 4.78. The first-order valence-corrected chi connectivity index (χ1v) is 6.27. The van der Waals surface area contributed by atoms with Crippen LogP contribution in [-0.2, 0) is 0 Å². The number of nitrogens with zero attached hydrogens (tertiary/aromatic N) is 3. The van der Waals surface area contributed by atoms with Crippen LogP contribution in [0.1, 0.15) is 28.6 Å². The Morgan fingerprint density at radius 1 is 1.11 bits per heavy atom. The van der Waals surface area contributed by atoms with Gasteiger partial charge in [0.25, 0.3) is 0 Å². The average Bonchev–Trinajstić information content (AvgIpc) is 2.74. The Morgan fingerprint density at radius 3 is 2.58 bits per heavy atom. The van der Waals surface area contributed by atoms with Gasteiger partial charge >= 0.3 is 0 Å². The second-order valence-electron chi connectivity index (χ2n) is 4.78. The summed E-state index contributed by atoms with van der Waals surface area (Å²) in [7, 11) is 0.